The van der Waals surface area contributed by atoms with Crippen molar-refractivity contribution in [1.29, 1.82) is 0 Å². The molecule has 1 aliphatic carbocycles. The number of likely N-dealkylation sites (N-methyl/N-ethyl adjacent to an activating group) is 1. The van der Waals surface area contributed by atoms with Gasteiger partial charge in [0.1, 0.15) is 0 Å². The number of para-hydroxylation sites is 1. The van der Waals surface area contributed by atoms with Gasteiger partial charge >= 0.3 is 0 Å². The molecule has 108 valence electrons. The molecular weight excluding hydrogens is 244 g/mol. The SMILES string of the molecule is CN(CCc1c[nH]c2ccccc12)CC1CCCCC1. The number of rotatable bonds is 5. The molecule has 0 aliphatic heterocycles. The molecule has 0 radical (unpaired) electrons. The van der Waals surface area contributed by atoms with Gasteiger partial charge in [-0.1, -0.05) is 37.5 Å². The van der Waals surface area contributed by atoms with Gasteiger partial charge in [0, 0.05) is 30.2 Å². The fourth-order valence-electron chi connectivity index (χ4n) is 3.55. The second-order valence-electron chi connectivity index (χ2n) is 6.38. The van der Waals surface area contributed by atoms with Crippen LogP contribution in [-0.4, -0.2) is 30.0 Å². The zero-order chi connectivity index (χ0) is 13.8. The maximum Gasteiger partial charge on any atom is 0.0456 e. The molecule has 20 heavy (non-hydrogen) atoms. The first-order valence-electron chi connectivity index (χ1n) is 8.06. The summed E-state index contributed by atoms with van der Waals surface area (Å²) in [5.41, 5.74) is 2.72. The van der Waals surface area contributed by atoms with E-state index in [0.717, 1.165) is 12.3 Å². The minimum absolute atomic E-state index is 0.941. The standard InChI is InChI=1S/C18H26N2/c1-20(14-15-7-3-2-4-8-15)12-11-16-13-19-18-10-6-5-9-17(16)18/h5-6,9-10,13,15,19H,2-4,7-8,11-12,14H2,1H3. The molecule has 2 nitrogen and oxygen atoms in total. The summed E-state index contributed by atoms with van der Waals surface area (Å²) in [5, 5.41) is 1.39. The molecule has 1 heterocycles. The van der Waals surface area contributed by atoms with Crippen LogP contribution in [-0.2, 0) is 6.42 Å². The van der Waals surface area contributed by atoms with Crippen molar-refractivity contribution in [2.45, 2.75) is 38.5 Å². The minimum atomic E-state index is 0.941. The van der Waals surface area contributed by atoms with Crippen molar-refractivity contribution in [2.75, 3.05) is 20.1 Å². The Bertz CT molecular complexity index is 537. The molecule has 1 aromatic heterocycles. The largest absolute Gasteiger partial charge is 0.361 e. The fraction of sp³-hybridized carbons (Fsp3) is 0.556. The molecular formula is C18H26N2. The maximum absolute atomic E-state index is 3.37. The summed E-state index contributed by atoms with van der Waals surface area (Å²) in [6.07, 6.45) is 10.6. The number of hydrogen-bond acceptors (Lipinski definition) is 1. The van der Waals surface area contributed by atoms with Crippen molar-refractivity contribution in [3.63, 3.8) is 0 Å². The first-order valence-corrected chi connectivity index (χ1v) is 8.06. The number of hydrogen-bond donors (Lipinski definition) is 1. The molecule has 1 fully saturated rings. The van der Waals surface area contributed by atoms with Crippen LogP contribution in [0.3, 0.4) is 0 Å². The quantitative estimate of drug-likeness (QED) is 0.861. The van der Waals surface area contributed by atoms with Gasteiger partial charge in [-0.3, -0.25) is 0 Å². The third kappa shape index (κ3) is 3.24. The van der Waals surface area contributed by atoms with E-state index >= 15 is 0 Å². The summed E-state index contributed by atoms with van der Waals surface area (Å²) in [6, 6.07) is 8.61. The van der Waals surface area contributed by atoms with Crippen molar-refractivity contribution in [2.24, 2.45) is 5.92 Å². The highest BCUT2D eigenvalue weighted by Crippen LogP contribution is 2.24. The molecule has 1 saturated carbocycles. The van der Waals surface area contributed by atoms with Crippen molar-refractivity contribution in [1.82, 2.24) is 9.88 Å². The van der Waals surface area contributed by atoms with Crippen molar-refractivity contribution < 1.29 is 0 Å². The molecule has 0 spiro atoms. The van der Waals surface area contributed by atoms with Crippen molar-refractivity contribution in [3.8, 4) is 0 Å². The van der Waals surface area contributed by atoms with E-state index in [2.05, 4.69) is 47.4 Å². The van der Waals surface area contributed by atoms with E-state index in [1.165, 1.54) is 61.7 Å². The third-order valence-electron chi connectivity index (χ3n) is 4.73. The fourth-order valence-corrected chi connectivity index (χ4v) is 3.55. The lowest BCUT2D eigenvalue weighted by atomic mass is 9.89. The number of aromatic nitrogens is 1. The Morgan fingerprint density at radius 1 is 1.15 bits per heavy atom. The van der Waals surface area contributed by atoms with Crippen LogP contribution in [0, 0.1) is 5.92 Å². The van der Waals surface area contributed by atoms with E-state index < -0.39 is 0 Å². The lowest BCUT2D eigenvalue weighted by Gasteiger charge is -2.26. The summed E-state index contributed by atoms with van der Waals surface area (Å²) >= 11 is 0. The van der Waals surface area contributed by atoms with E-state index in [4.69, 9.17) is 0 Å². The van der Waals surface area contributed by atoms with Crippen molar-refractivity contribution >= 4 is 10.9 Å². The molecule has 1 N–H and O–H groups in total. The van der Waals surface area contributed by atoms with E-state index in [9.17, 15) is 0 Å². The number of fused-ring (bicyclic) bond motifs is 1. The summed E-state index contributed by atoms with van der Waals surface area (Å²) in [5.74, 6) is 0.941. The molecule has 2 heteroatoms. The Morgan fingerprint density at radius 2 is 1.95 bits per heavy atom. The molecule has 0 unspecified atom stereocenters. The van der Waals surface area contributed by atoms with Gasteiger partial charge in [-0.2, -0.15) is 0 Å². The molecule has 0 amide bonds. The van der Waals surface area contributed by atoms with Crippen LogP contribution in [0.1, 0.15) is 37.7 Å². The molecule has 3 rings (SSSR count). The van der Waals surface area contributed by atoms with Crippen LogP contribution in [0.15, 0.2) is 30.5 Å². The predicted octanol–water partition coefficient (Wildman–Crippen LogP) is 4.22. The average Bonchev–Trinajstić information content (AvgIpc) is 2.89. The average molecular weight is 270 g/mol. The number of H-pyrrole nitrogens is 1. The molecule has 1 aromatic carbocycles. The monoisotopic (exact) mass is 270 g/mol. The number of aromatic amines is 1. The van der Waals surface area contributed by atoms with E-state index in [1.54, 1.807) is 0 Å². The Kier molecular flexibility index (Phi) is 4.41. The second kappa shape index (κ2) is 6.45. The highest BCUT2D eigenvalue weighted by atomic mass is 15.1. The first kappa shape index (κ1) is 13.7. The Labute approximate surface area is 122 Å². The summed E-state index contributed by atoms with van der Waals surface area (Å²) in [6.45, 7) is 2.45. The van der Waals surface area contributed by atoms with Gasteiger partial charge in [0.25, 0.3) is 0 Å². The van der Waals surface area contributed by atoms with Crippen LogP contribution < -0.4 is 0 Å². The molecule has 0 saturated heterocycles. The smallest absolute Gasteiger partial charge is 0.0456 e. The number of benzene rings is 1. The molecule has 2 aromatic rings. The molecule has 0 bridgehead atoms. The van der Waals surface area contributed by atoms with Gasteiger partial charge in [-0.15, -0.1) is 0 Å². The highest BCUT2D eigenvalue weighted by molar-refractivity contribution is 5.83. The van der Waals surface area contributed by atoms with Gasteiger partial charge in [0.05, 0.1) is 0 Å². The second-order valence-corrected chi connectivity index (χ2v) is 6.38. The predicted molar refractivity (Wildman–Crippen MR) is 86.1 cm³/mol. The van der Waals surface area contributed by atoms with Crippen LogP contribution in [0.4, 0.5) is 0 Å². The molecule has 0 atom stereocenters. The Hall–Kier alpha value is -1.28. The first-order chi connectivity index (χ1) is 9.83. The van der Waals surface area contributed by atoms with Crippen LogP contribution in [0.2, 0.25) is 0 Å². The lowest BCUT2D eigenvalue weighted by Crippen LogP contribution is -2.28. The van der Waals surface area contributed by atoms with Crippen LogP contribution in [0.25, 0.3) is 10.9 Å². The number of nitrogens with zero attached hydrogens (tertiary/aromatic N) is 1. The summed E-state index contributed by atoms with van der Waals surface area (Å²) < 4.78 is 0. The van der Waals surface area contributed by atoms with Gasteiger partial charge in [0.15, 0.2) is 0 Å². The van der Waals surface area contributed by atoms with Gasteiger partial charge in [-0.05, 0) is 43.9 Å². The Morgan fingerprint density at radius 3 is 2.80 bits per heavy atom. The number of nitrogens with one attached hydrogen (secondary N) is 1. The zero-order valence-corrected chi connectivity index (χ0v) is 12.6. The third-order valence-corrected chi connectivity index (χ3v) is 4.73. The van der Waals surface area contributed by atoms with Crippen molar-refractivity contribution in [3.05, 3.63) is 36.0 Å². The summed E-state index contributed by atoms with van der Waals surface area (Å²) in [7, 11) is 2.28. The maximum atomic E-state index is 3.37. The normalized spacial score (nSPS) is 17.1. The molecule has 1 aliphatic rings. The topological polar surface area (TPSA) is 19.0 Å². The van der Waals surface area contributed by atoms with E-state index in [1.807, 2.05) is 0 Å². The lowest BCUT2D eigenvalue weighted by molar-refractivity contribution is 0.235. The van der Waals surface area contributed by atoms with Crippen LogP contribution in [0.5, 0.6) is 0 Å². The van der Waals surface area contributed by atoms with Gasteiger partial charge < -0.3 is 9.88 Å². The summed E-state index contributed by atoms with van der Waals surface area (Å²) in [4.78, 5) is 5.90. The van der Waals surface area contributed by atoms with E-state index in [0.29, 0.717) is 0 Å². The van der Waals surface area contributed by atoms with Crippen LogP contribution >= 0.6 is 0 Å². The van der Waals surface area contributed by atoms with Gasteiger partial charge in [-0.25, -0.2) is 0 Å². The Balaban J connectivity index is 1.53. The highest BCUT2D eigenvalue weighted by Gasteiger charge is 2.15. The van der Waals surface area contributed by atoms with Gasteiger partial charge in [0.2, 0.25) is 0 Å². The zero-order valence-electron chi connectivity index (χ0n) is 12.6. The minimum Gasteiger partial charge on any atom is -0.361 e. The van der Waals surface area contributed by atoms with E-state index in [-0.39, 0.29) is 0 Å².